The minimum Gasteiger partial charge on any atom is -0.465 e. The molecule has 5 rings (SSSR count). The zero-order valence-electron chi connectivity index (χ0n) is 33.7. The molecule has 0 aliphatic heterocycles. The van der Waals surface area contributed by atoms with Crippen LogP contribution in [0, 0.1) is 5.92 Å². The largest absolute Gasteiger partial charge is 0.511 e. The van der Waals surface area contributed by atoms with Gasteiger partial charge in [-0.05, 0) is 93.1 Å². The number of rotatable bonds is 18. The standard InChI is InChI=1S/C40H52N9O8/c1-9-53-38-41-33-19-14-18-32(34(33)48(38)25-28-20-22-29(23-21-28)30-16-10-11-17-31(30)35-42-44-45-43-35)36(50)56-37(26(2)3)57-39(51)55-27(4)15-12-13-24-54-46-49(52)47(8)40(5,6)7/h10-11,14,16-23,26-27,37H,9,12-13,15,24-25H2,1-8H3,(H,46,52)(H,42,43,44,45)/q+1/t27-,37?/m0/s1. The third-order valence-electron chi connectivity index (χ3n) is 9.10. The Hall–Kier alpha value is -6.26. The van der Waals surface area contributed by atoms with Crippen LogP contribution < -0.4 is 4.74 Å². The van der Waals surface area contributed by atoms with Crippen molar-refractivity contribution in [3.05, 3.63) is 77.9 Å². The van der Waals surface area contributed by atoms with Gasteiger partial charge < -0.3 is 23.8 Å². The maximum atomic E-state index is 13.8. The van der Waals surface area contributed by atoms with E-state index in [9.17, 15) is 14.8 Å². The van der Waals surface area contributed by atoms with Gasteiger partial charge in [-0.15, -0.1) is 10.1 Å². The summed E-state index contributed by atoms with van der Waals surface area (Å²) in [5.74, 6) is -0.508. The summed E-state index contributed by atoms with van der Waals surface area (Å²) in [6.45, 7) is 13.9. The Labute approximate surface area is 331 Å². The predicted octanol–water partition coefficient (Wildman–Crippen LogP) is 7.61. The molecule has 0 radical (unpaired) electrons. The summed E-state index contributed by atoms with van der Waals surface area (Å²) in [5, 5.41) is 29.5. The third-order valence-corrected chi connectivity index (χ3v) is 9.10. The van der Waals surface area contributed by atoms with Gasteiger partial charge in [-0.3, -0.25) is 4.57 Å². The molecule has 304 valence electrons. The zero-order valence-corrected chi connectivity index (χ0v) is 33.7. The van der Waals surface area contributed by atoms with Crippen LogP contribution in [0.3, 0.4) is 0 Å². The first kappa shape index (κ1) is 41.9. The molecule has 0 amide bonds. The van der Waals surface area contributed by atoms with Crippen LogP contribution in [0.5, 0.6) is 6.01 Å². The van der Waals surface area contributed by atoms with Crippen LogP contribution >= 0.6 is 0 Å². The average Bonchev–Trinajstić information content (AvgIpc) is 3.84. The molecule has 3 aromatic carbocycles. The number of fused-ring (bicyclic) bond motifs is 1. The van der Waals surface area contributed by atoms with Gasteiger partial charge in [-0.25, -0.2) is 19.9 Å². The zero-order chi connectivity index (χ0) is 41.1. The van der Waals surface area contributed by atoms with Crippen molar-refractivity contribution in [1.29, 1.82) is 0 Å². The van der Waals surface area contributed by atoms with Gasteiger partial charge in [0.1, 0.15) is 12.7 Å². The number of aromatic amines is 1. The molecular formula is C40H52N9O8+. The molecule has 0 aliphatic rings. The highest BCUT2D eigenvalue weighted by molar-refractivity contribution is 6.02. The Morgan fingerprint density at radius 2 is 1.70 bits per heavy atom. The van der Waals surface area contributed by atoms with Crippen LogP contribution in [0.15, 0.2) is 72.0 Å². The molecular weight excluding hydrogens is 734 g/mol. The monoisotopic (exact) mass is 786 g/mol. The number of hydrazine groups is 1. The number of benzene rings is 3. The van der Waals surface area contributed by atoms with E-state index in [0.29, 0.717) is 60.3 Å². The summed E-state index contributed by atoms with van der Waals surface area (Å²) in [6, 6.07) is 21.4. The van der Waals surface area contributed by atoms with Crippen molar-refractivity contribution in [2.75, 3.05) is 20.3 Å². The second-order valence-electron chi connectivity index (χ2n) is 14.8. The Balaban J connectivity index is 1.23. The van der Waals surface area contributed by atoms with Gasteiger partial charge in [0.2, 0.25) is 0 Å². The molecule has 17 heteroatoms. The maximum absolute atomic E-state index is 13.8. The molecule has 5 aromatic rings. The highest BCUT2D eigenvalue weighted by atomic mass is 16.8. The Kier molecular flexibility index (Phi) is 14.0. The van der Waals surface area contributed by atoms with Gasteiger partial charge in [0.15, 0.2) is 5.82 Å². The first-order valence-corrected chi connectivity index (χ1v) is 18.9. The van der Waals surface area contributed by atoms with E-state index in [2.05, 4.69) is 30.9 Å². The molecule has 0 saturated carbocycles. The Bertz CT molecular complexity index is 2110. The van der Waals surface area contributed by atoms with E-state index in [-0.39, 0.29) is 23.6 Å². The van der Waals surface area contributed by atoms with E-state index in [0.717, 1.165) is 22.3 Å². The number of imidazole rings is 1. The number of unbranched alkanes of at least 4 members (excludes halogenated alkanes) is 1. The normalized spacial score (nSPS) is 13.0. The lowest BCUT2D eigenvalue weighted by Crippen LogP contribution is -2.43. The topological polar surface area (TPSA) is 191 Å². The molecule has 0 saturated heterocycles. The van der Waals surface area contributed by atoms with Gasteiger partial charge in [-0.1, -0.05) is 68.4 Å². The third kappa shape index (κ3) is 11.0. The van der Waals surface area contributed by atoms with E-state index in [1.807, 2.05) is 80.8 Å². The van der Waals surface area contributed by atoms with Crippen LogP contribution in [0.1, 0.15) is 83.7 Å². The Morgan fingerprint density at radius 3 is 2.37 bits per heavy atom. The number of carbonyl (C=O) groups excluding carboxylic acids is 2. The second kappa shape index (κ2) is 19.1. The van der Waals surface area contributed by atoms with Crippen LogP contribution in [0.2, 0.25) is 0 Å². The Morgan fingerprint density at radius 1 is 0.965 bits per heavy atom. The maximum Gasteiger partial charge on any atom is 0.511 e. The van der Waals surface area contributed by atoms with Crippen molar-refractivity contribution in [1.82, 2.24) is 35.2 Å². The number of para-hydroxylation sites is 1. The predicted molar refractivity (Wildman–Crippen MR) is 208 cm³/mol. The van der Waals surface area contributed by atoms with E-state index in [4.69, 9.17) is 23.8 Å². The van der Waals surface area contributed by atoms with Crippen molar-refractivity contribution in [3.8, 4) is 28.5 Å². The minimum absolute atomic E-state index is 0.233. The molecule has 2 heterocycles. The number of hydrogen-bond donors (Lipinski definition) is 2. The first-order chi connectivity index (χ1) is 27.3. The average molecular weight is 787 g/mol. The van der Waals surface area contributed by atoms with E-state index in [1.165, 1.54) is 5.01 Å². The van der Waals surface area contributed by atoms with Crippen molar-refractivity contribution < 1.29 is 43.6 Å². The summed E-state index contributed by atoms with van der Waals surface area (Å²) >= 11 is 0. The minimum atomic E-state index is -1.22. The van der Waals surface area contributed by atoms with Gasteiger partial charge in [-0.2, -0.15) is 4.98 Å². The smallest absolute Gasteiger partial charge is 0.465 e. The van der Waals surface area contributed by atoms with E-state index < -0.39 is 24.5 Å². The summed E-state index contributed by atoms with van der Waals surface area (Å²) in [4.78, 5) is 37.2. The van der Waals surface area contributed by atoms with Crippen molar-refractivity contribution in [2.45, 2.75) is 92.2 Å². The molecule has 2 aromatic heterocycles. The molecule has 0 fully saturated rings. The fourth-order valence-electron chi connectivity index (χ4n) is 5.73. The molecule has 0 spiro atoms. The van der Waals surface area contributed by atoms with Gasteiger partial charge >= 0.3 is 12.1 Å². The number of carbonyl (C=O) groups is 2. The van der Waals surface area contributed by atoms with E-state index >= 15 is 0 Å². The number of ether oxygens (including phenoxy) is 4. The highest BCUT2D eigenvalue weighted by Crippen LogP contribution is 2.31. The summed E-state index contributed by atoms with van der Waals surface area (Å²) in [7, 11) is 1.69. The number of esters is 1. The second-order valence-corrected chi connectivity index (χ2v) is 14.8. The number of nitrogens with zero attached hydrogens (tertiary/aromatic N) is 8. The fraction of sp³-hybridized carbons (Fsp3) is 0.450. The highest BCUT2D eigenvalue weighted by Gasteiger charge is 2.29. The molecule has 1 unspecified atom stereocenters. The molecule has 57 heavy (non-hydrogen) atoms. The van der Waals surface area contributed by atoms with Crippen molar-refractivity contribution >= 4 is 23.2 Å². The van der Waals surface area contributed by atoms with Crippen LogP contribution in [0.4, 0.5) is 4.79 Å². The van der Waals surface area contributed by atoms with E-state index in [1.54, 1.807) is 46.0 Å². The fourth-order valence-corrected chi connectivity index (χ4v) is 5.73. The lowest BCUT2D eigenvalue weighted by atomic mass is 9.98. The number of H-pyrrole nitrogens is 1. The number of tetrazole rings is 1. The molecule has 2 atom stereocenters. The quantitative estimate of drug-likeness (QED) is 0.0220. The van der Waals surface area contributed by atoms with Crippen LogP contribution in [-0.4, -0.2) is 95.7 Å². The van der Waals surface area contributed by atoms with Crippen molar-refractivity contribution in [2.24, 2.45) is 11.2 Å². The van der Waals surface area contributed by atoms with Crippen LogP contribution in [0.25, 0.3) is 33.5 Å². The molecule has 2 N–H and O–H groups in total. The molecule has 0 bridgehead atoms. The number of aromatic nitrogens is 6. The summed E-state index contributed by atoms with van der Waals surface area (Å²) in [5.41, 5.74) is 4.69. The number of hydrogen-bond acceptors (Lipinski definition) is 12. The van der Waals surface area contributed by atoms with Crippen molar-refractivity contribution in [3.63, 3.8) is 0 Å². The lowest BCUT2D eigenvalue weighted by Gasteiger charge is -2.22. The van der Waals surface area contributed by atoms with Gasteiger partial charge in [0.05, 0.1) is 42.3 Å². The van der Waals surface area contributed by atoms with Gasteiger partial charge in [0.25, 0.3) is 22.5 Å². The van der Waals surface area contributed by atoms with Crippen LogP contribution in [-0.2, 0) is 25.6 Å². The molecule has 17 nitrogen and oxygen atoms in total. The SMILES string of the molecule is CCOc1nc2cccc(C(=O)OC(OC(=O)O[C@@H](C)CCCCO/N=[N+](\O)N(C)C(C)(C)C)C(C)C)c2n1Cc1ccc(-c2ccccc2-c2nnn[nH]2)cc1. The van der Waals surface area contributed by atoms with Gasteiger partial charge in [0, 0.05) is 11.5 Å². The number of nitrogens with one attached hydrogen (secondary N) is 1. The summed E-state index contributed by atoms with van der Waals surface area (Å²) in [6.07, 6.45) is -0.850. The lowest BCUT2D eigenvalue weighted by molar-refractivity contribution is -0.946. The molecule has 0 aliphatic carbocycles. The first-order valence-electron chi connectivity index (χ1n) is 18.9. The summed E-state index contributed by atoms with van der Waals surface area (Å²) < 4.78 is 24.6.